The molecule has 0 aliphatic carbocycles. The Balaban J connectivity index is 1.52. The summed E-state index contributed by atoms with van der Waals surface area (Å²) in [6.45, 7) is 6.90. The molecule has 1 fully saturated rings. The van der Waals surface area contributed by atoms with Crippen molar-refractivity contribution in [2.24, 2.45) is 13.0 Å². The maximum Gasteiger partial charge on any atom is 0.123 e. The van der Waals surface area contributed by atoms with E-state index in [0.29, 0.717) is 0 Å². The molecule has 1 aromatic heterocycles. The summed E-state index contributed by atoms with van der Waals surface area (Å²) in [6.07, 6.45) is 2.22. The van der Waals surface area contributed by atoms with Gasteiger partial charge in [0.2, 0.25) is 0 Å². The van der Waals surface area contributed by atoms with Crippen molar-refractivity contribution >= 4 is 11.0 Å². The standard InChI is InChI=1S/C19H30N4O/c1-15(24)12-23-10-8-16(9-11-23)13-21(2)14-19-20-17-6-4-5-7-18(17)22(19)3/h4-7,15-16,24H,8-14H2,1-3H3/t15-/m0/s1. The van der Waals surface area contributed by atoms with Crippen LogP contribution in [-0.2, 0) is 13.6 Å². The molecule has 5 heteroatoms. The van der Waals surface area contributed by atoms with Crippen molar-refractivity contribution in [1.82, 2.24) is 19.4 Å². The molecule has 2 aromatic rings. The molecule has 0 amide bonds. The van der Waals surface area contributed by atoms with Crippen LogP contribution in [0.5, 0.6) is 0 Å². The number of β-amino-alcohol motifs (C(OH)–C–C–N with tert-alkyl or cyclic N) is 1. The van der Waals surface area contributed by atoms with Crippen LogP contribution >= 0.6 is 0 Å². The number of hydrogen-bond donors (Lipinski definition) is 1. The van der Waals surface area contributed by atoms with Crippen molar-refractivity contribution in [1.29, 1.82) is 0 Å². The first-order chi connectivity index (χ1) is 11.5. The molecule has 0 bridgehead atoms. The lowest BCUT2D eigenvalue weighted by Crippen LogP contribution is -2.40. The minimum Gasteiger partial charge on any atom is -0.392 e. The number of aromatic nitrogens is 2. The third kappa shape index (κ3) is 4.15. The molecule has 1 saturated heterocycles. The van der Waals surface area contributed by atoms with Crippen LogP contribution in [0.4, 0.5) is 0 Å². The highest BCUT2D eigenvalue weighted by Crippen LogP contribution is 2.20. The van der Waals surface area contributed by atoms with E-state index < -0.39 is 0 Å². The first-order valence-corrected chi connectivity index (χ1v) is 9.02. The molecule has 24 heavy (non-hydrogen) atoms. The number of imidazole rings is 1. The number of para-hydroxylation sites is 2. The quantitative estimate of drug-likeness (QED) is 0.881. The molecule has 5 nitrogen and oxygen atoms in total. The van der Waals surface area contributed by atoms with Gasteiger partial charge in [0.1, 0.15) is 5.82 Å². The fourth-order valence-corrected chi connectivity index (χ4v) is 3.81. The number of aliphatic hydroxyl groups excluding tert-OH is 1. The molecule has 0 radical (unpaired) electrons. The van der Waals surface area contributed by atoms with Crippen molar-refractivity contribution in [3.05, 3.63) is 30.1 Å². The molecule has 1 atom stereocenters. The number of piperidine rings is 1. The number of fused-ring (bicyclic) bond motifs is 1. The first kappa shape index (κ1) is 17.4. The first-order valence-electron chi connectivity index (χ1n) is 9.02. The van der Waals surface area contributed by atoms with Crippen LogP contribution in [0, 0.1) is 5.92 Å². The maximum absolute atomic E-state index is 9.51. The van der Waals surface area contributed by atoms with E-state index in [1.165, 1.54) is 18.4 Å². The van der Waals surface area contributed by atoms with E-state index in [-0.39, 0.29) is 6.10 Å². The summed E-state index contributed by atoms with van der Waals surface area (Å²) in [4.78, 5) is 9.56. The van der Waals surface area contributed by atoms with Gasteiger partial charge in [-0.3, -0.25) is 4.90 Å². The van der Waals surface area contributed by atoms with Crippen LogP contribution in [0.1, 0.15) is 25.6 Å². The molecule has 3 rings (SSSR count). The average molecular weight is 330 g/mol. The van der Waals surface area contributed by atoms with Crippen LogP contribution in [0.2, 0.25) is 0 Å². The largest absolute Gasteiger partial charge is 0.392 e. The number of aryl methyl sites for hydroxylation is 1. The zero-order chi connectivity index (χ0) is 17.1. The van der Waals surface area contributed by atoms with Gasteiger partial charge in [0.25, 0.3) is 0 Å². The minimum absolute atomic E-state index is 0.221. The molecule has 0 spiro atoms. The van der Waals surface area contributed by atoms with Crippen molar-refractivity contribution in [2.75, 3.05) is 33.2 Å². The fraction of sp³-hybridized carbons (Fsp3) is 0.632. The Kier molecular flexibility index (Phi) is 5.54. The number of nitrogens with zero attached hydrogens (tertiary/aromatic N) is 4. The van der Waals surface area contributed by atoms with Crippen molar-refractivity contribution in [2.45, 2.75) is 32.4 Å². The molecule has 0 saturated carbocycles. The predicted molar refractivity (Wildman–Crippen MR) is 97.9 cm³/mol. The molecule has 1 aliphatic heterocycles. The summed E-state index contributed by atoms with van der Waals surface area (Å²) in [5.74, 6) is 1.88. The molecule has 0 unspecified atom stereocenters. The van der Waals surface area contributed by atoms with Gasteiger partial charge in [-0.05, 0) is 58.0 Å². The van der Waals surface area contributed by atoms with Gasteiger partial charge < -0.3 is 14.6 Å². The number of aliphatic hydroxyl groups is 1. The van der Waals surface area contributed by atoms with E-state index in [9.17, 15) is 5.11 Å². The topological polar surface area (TPSA) is 44.5 Å². The zero-order valence-electron chi connectivity index (χ0n) is 15.1. The monoisotopic (exact) mass is 330 g/mol. The summed E-state index contributed by atoms with van der Waals surface area (Å²) in [6, 6.07) is 8.32. The smallest absolute Gasteiger partial charge is 0.123 e. The van der Waals surface area contributed by atoms with E-state index >= 15 is 0 Å². The predicted octanol–water partition coefficient (Wildman–Crippen LogP) is 2.10. The van der Waals surface area contributed by atoms with Gasteiger partial charge >= 0.3 is 0 Å². The van der Waals surface area contributed by atoms with Crippen molar-refractivity contribution in [3.8, 4) is 0 Å². The van der Waals surface area contributed by atoms with Crippen LogP contribution in [-0.4, -0.2) is 63.8 Å². The van der Waals surface area contributed by atoms with Crippen molar-refractivity contribution in [3.63, 3.8) is 0 Å². The van der Waals surface area contributed by atoms with Gasteiger partial charge in [-0.1, -0.05) is 12.1 Å². The SMILES string of the molecule is C[C@H](O)CN1CCC(CN(C)Cc2nc3ccccc3n2C)CC1. The molecule has 1 N–H and O–H groups in total. The molecule has 1 aromatic carbocycles. The van der Waals surface area contributed by atoms with Crippen molar-refractivity contribution < 1.29 is 5.11 Å². The third-order valence-electron chi connectivity index (χ3n) is 5.09. The Bertz CT molecular complexity index is 658. The Labute approximate surface area is 144 Å². The highest BCUT2D eigenvalue weighted by molar-refractivity contribution is 5.75. The Morgan fingerprint density at radius 3 is 2.67 bits per heavy atom. The second-order valence-corrected chi connectivity index (χ2v) is 7.37. The minimum atomic E-state index is -0.221. The normalized spacial score (nSPS) is 18.5. The molecule has 132 valence electrons. The highest BCUT2D eigenvalue weighted by Gasteiger charge is 2.21. The second kappa shape index (κ2) is 7.64. The summed E-state index contributed by atoms with van der Waals surface area (Å²) in [5.41, 5.74) is 2.28. The summed E-state index contributed by atoms with van der Waals surface area (Å²) in [5, 5.41) is 9.51. The lowest BCUT2D eigenvalue weighted by atomic mass is 9.96. The summed E-state index contributed by atoms with van der Waals surface area (Å²) in [7, 11) is 4.30. The van der Waals surface area contributed by atoms with Gasteiger partial charge in [-0.15, -0.1) is 0 Å². The lowest BCUT2D eigenvalue weighted by molar-refractivity contribution is 0.0916. The lowest BCUT2D eigenvalue weighted by Gasteiger charge is -2.34. The molecule has 2 heterocycles. The van der Waals surface area contributed by atoms with Crippen LogP contribution in [0.25, 0.3) is 11.0 Å². The van der Waals surface area contributed by atoms with Gasteiger partial charge in [0.15, 0.2) is 0 Å². The fourth-order valence-electron chi connectivity index (χ4n) is 3.81. The van der Waals surface area contributed by atoms with Crippen LogP contribution in [0.3, 0.4) is 0 Å². The Morgan fingerprint density at radius 2 is 2.00 bits per heavy atom. The maximum atomic E-state index is 9.51. The average Bonchev–Trinajstić information content (AvgIpc) is 2.85. The zero-order valence-corrected chi connectivity index (χ0v) is 15.1. The van der Waals surface area contributed by atoms with E-state index in [0.717, 1.165) is 50.0 Å². The van der Waals surface area contributed by atoms with Gasteiger partial charge in [0, 0.05) is 20.1 Å². The number of rotatable bonds is 6. The third-order valence-corrected chi connectivity index (χ3v) is 5.09. The van der Waals surface area contributed by atoms with E-state index in [1.54, 1.807) is 0 Å². The Hall–Kier alpha value is -1.43. The molecular weight excluding hydrogens is 300 g/mol. The number of likely N-dealkylation sites (tertiary alicyclic amines) is 1. The van der Waals surface area contributed by atoms with Gasteiger partial charge in [0.05, 0.1) is 23.7 Å². The highest BCUT2D eigenvalue weighted by atomic mass is 16.3. The van der Waals surface area contributed by atoms with E-state index in [2.05, 4.69) is 46.7 Å². The second-order valence-electron chi connectivity index (χ2n) is 7.37. The number of hydrogen-bond acceptors (Lipinski definition) is 4. The summed E-state index contributed by atoms with van der Waals surface area (Å²) >= 11 is 0. The van der Waals surface area contributed by atoms with Gasteiger partial charge in [-0.2, -0.15) is 0 Å². The van der Waals surface area contributed by atoms with Crippen LogP contribution in [0.15, 0.2) is 24.3 Å². The van der Waals surface area contributed by atoms with E-state index in [4.69, 9.17) is 4.98 Å². The Morgan fingerprint density at radius 1 is 1.29 bits per heavy atom. The molecular formula is C19H30N4O. The van der Waals surface area contributed by atoms with E-state index in [1.807, 2.05) is 13.0 Å². The summed E-state index contributed by atoms with van der Waals surface area (Å²) < 4.78 is 2.21. The number of benzene rings is 1. The molecule has 1 aliphatic rings. The van der Waals surface area contributed by atoms with Gasteiger partial charge in [-0.25, -0.2) is 4.98 Å². The van der Waals surface area contributed by atoms with Crippen LogP contribution < -0.4 is 0 Å².